The fourth-order valence-electron chi connectivity index (χ4n) is 4.34. The summed E-state index contributed by atoms with van der Waals surface area (Å²) in [4.78, 5) is 34.2. The predicted molar refractivity (Wildman–Crippen MR) is 130 cm³/mol. The molecule has 0 saturated carbocycles. The number of aromatic amines is 1. The number of carbonyl (C=O) groups excluding carboxylic acids is 1. The van der Waals surface area contributed by atoms with E-state index < -0.39 is 5.92 Å². The lowest BCUT2D eigenvalue weighted by Crippen LogP contribution is -2.37. The number of Topliss-reactive ketones (excluding diaryl/α,β-unsaturated/α-hetero) is 1. The molecule has 1 aliphatic carbocycles. The average molecular weight is 502 g/mol. The van der Waals surface area contributed by atoms with E-state index in [1.165, 1.54) is 0 Å². The number of anilines is 1. The Kier molecular flexibility index (Phi) is 6.19. The van der Waals surface area contributed by atoms with Gasteiger partial charge in [-0.2, -0.15) is 0 Å². The number of thioether (sulfide) groups is 1. The molecule has 0 spiro atoms. The minimum atomic E-state index is -0.408. The summed E-state index contributed by atoms with van der Waals surface area (Å²) in [5.41, 5.74) is 2.77. The first-order valence-electron chi connectivity index (χ1n) is 10.7. The summed E-state index contributed by atoms with van der Waals surface area (Å²) in [6.07, 6.45) is 2.29. The topological polar surface area (TPSA) is 74.8 Å². The maximum Gasteiger partial charge on any atom is 0.257 e. The van der Waals surface area contributed by atoms with Crippen LogP contribution in [-0.4, -0.2) is 21.5 Å². The Morgan fingerprint density at radius 3 is 2.58 bits per heavy atom. The highest BCUT2D eigenvalue weighted by molar-refractivity contribution is 9.10. The van der Waals surface area contributed by atoms with E-state index in [0.29, 0.717) is 34.4 Å². The van der Waals surface area contributed by atoms with Gasteiger partial charge in [0.1, 0.15) is 5.82 Å². The van der Waals surface area contributed by atoms with Gasteiger partial charge in [-0.15, -0.1) is 0 Å². The van der Waals surface area contributed by atoms with Crippen LogP contribution in [0, 0.1) is 11.3 Å². The van der Waals surface area contributed by atoms with E-state index in [4.69, 9.17) is 4.98 Å². The largest absolute Gasteiger partial charge is 0.343 e. The zero-order valence-electron chi connectivity index (χ0n) is 18.3. The number of ketones is 1. The van der Waals surface area contributed by atoms with Crippen LogP contribution >= 0.6 is 27.7 Å². The lowest BCUT2D eigenvalue weighted by molar-refractivity contribution is -0.118. The highest BCUT2D eigenvalue weighted by Gasteiger charge is 2.42. The Morgan fingerprint density at radius 2 is 1.90 bits per heavy atom. The number of allylic oxidation sites excluding steroid dienone is 2. The molecule has 0 bridgehead atoms. The van der Waals surface area contributed by atoms with Crippen molar-refractivity contribution < 1.29 is 4.79 Å². The summed E-state index contributed by atoms with van der Waals surface area (Å²) < 4.78 is 0.958. The number of halogens is 1. The van der Waals surface area contributed by atoms with Crippen molar-refractivity contribution in [3.05, 3.63) is 61.5 Å². The molecule has 0 radical (unpaired) electrons. The summed E-state index contributed by atoms with van der Waals surface area (Å²) in [6, 6.07) is 7.86. The van der Waals surface area contributed by atoms with Gasteiger partial charge in [-0.05, 0) is 41.9 Å². The number of benzene rings is 1. The predicted octanol–water partition coefficient (Wildman–Crippen LogP) is 5.87. The number of nitrogens with one attached hydrogen (secondary N) is 2. The van der Waals surface area contributed by atoms with Crippen LogP contribution in [-0.2, 0) is 4.79 Å². The van der Waals surface area contributed by atoms with E-state index in [1.807, 2.05) is 24.3 Å². The SMILES string of the molecule is CC(C)CCSc1nc2c(c(=O)[nH]1)C(c1ccc(Br)cc1)C1=C(CC(C)(C)CC1=O)N2. The maximum atomic E-state index is 13.2. The number of H-pyrrole nitrogens is 1. The summed E-state index contributed by atoms with van der Waals surface area (Å²) >= 11 is 5.05. The Balaban J connectivity index is 1.82. The third-order valence-corrected chi connectivity index (χ3v) is 7.27. The number of hydrogen-bond donors (Lipinski definition) is 2. The molecular weight excluding hydrogens is 474 g/mol. The van der Waals surface area contributed by atoms with Crippen molar-refractivity contribution in [2.24, 2.45) is 11.3 Å². The zero-order valence-corrected chi connectivity index (χ0v) is 20.7. The molecule has 1 aliphatic heterocycles. The molecule has 2 aliphatic rings. The van der Waals surface area contributed by atoms with Crippen LogP contribution < -0.4 is 10.9 Å². The Bertz CT molecular complexity index is 1100. The molecule has 31 heavy (non-hydrogen) atoms. The van der Waals surface area contributed by atoms with Crippen molar-refractivity contribution in [1.29, 1.82) is 0 Å². The molecule has 2 aromatic rings. The second-order valence-electron chi connectivity index (χ2n) is 9.61. The van der Waals surface area contributed by atoms with Crippen molar-refractivity contribution in [1.82, 2.24) is 9.97 Å². The number of hydrogen-bond acceptors (Lipinski definition) is 5. The Hall–Kier alpha value is -1.86. The van der Waals surface area contributed by atoms with E-state index >= 15 is 0 Å². The average Bonchev–Trinajstić information content (AvgIpc) is 2.65. The molecule has 1 unspecified atom stereocenters. The van der Waals surface area contributed by atoms with Gasteiger partial charge in [-0.25, -0.2) is 4.98 Å². The number of fused-ring (bicyclic) bond motifs is 1. The van der Waals surface area contributed by atoms with Gasteiger partial charge in [0.05, 0.1) is 5.56 Å². The third-order valence-electron chi connectivity index (χ3n) is 5.84. The molecule has 7 heteroatoms. The molecule has 2 N–H and O–H groups in total. The van der Waals surface area contributed by atoms with Crippen molar-refractivity contribution in [3.63, 3.8) is 0 Å². The normalized spacial score (nSPS) is 19.8. The van der Waals surface area contributed by atoms with Crippen LogP contribution in [0.1, 0.15) is 64.0 Å². The van der Waals surface area contributed by atoms with Gasteiger partial charge in [-0.3, -0.25) is 9.59 Å². The van der Waals surface area contributed by atoms with Crippen LogP contribution in [0.2, 0.25) is 0 Å². The zero-order chi connectivity index (χ0) is 22.3. The minimum Gasteiger partial charge on any atom is -0.343 e. The summed E-state index contributed by atoms with van der Waals surface area (Å²) in [6.45, 7) is 8.59. The maximum absolute atomic E-state index is 13.2. The van der Waals surface area contributed by atoms with Crippen LogP contribution in [0.25, 0.3) is 0 Å². The van der Waals surface area contributed by atoms with E-state index in [1.54, 1.807) is 11.8 Å². The third kappa shape index (κ3) is 4.67. The molecule has 0 amide bonds. The van der Waals surface area contributed by atoms with Crippen LogP contribution in [0.15, 0.2) is 50.0 Å². The van der Waals surface area contributed by atoms with Gasteiger partial charge in [-0.1, -0.05) is 67.5 Å². The number of rotatable bonds is 5. The highest BCUT2D eigenvalue weighted by Crippen LogP contribution is 2.47. The van der Waals surface area contributed by atoms with Crippen molar-refractivity contribution in [2.75, 3.05) is 11.1 Å². The monoisotopic (exact) mass is 501 g/mol. The minimum absolute atomic E-state index is 0.104. The summed E-state index contributed by atoms with van der Waals surface area (Å²) in [5.74, 6) is 1.77. The van der Waals surface area contributed by atoms with E-state index in [-0.39, 0.29) is 16.8 Å². The van der Waals surface area contributed by atoms with Crippen molar-refractivity contribution in [2.45, 2.75) is 58.0 Å². The summed E-state index contributed by atoms with van der Waals surface area (Å²) in [7, 11) is 0. The number of aromatic nitrogens is 2. The molecule has 1 aromatic heterocycles. The van der Waals surface area contributed by atoms with Gasteiger partial charge >= 0.3 is 0 Å². The fraction of sp³-hybridized carbons (Fsp3) is 0.458. The molecule has 1 aromatic carbocycles. The second-order valence-corrected chi connectivity index (χ2v) is 11.6. The molecule has 5 nitrogen and oxygen atoms in total. The van der Waals surface area contributed by atoms with Gasteiger partial charge in [0.2, 0.25) is 0 Å². The highest BCUT2D eigenvalue weighted by atomic mass is 79.9. The van der Waals surface area contributed by atoms with Crippen LogP contribution in [0.3, 0.4) is 0 Å². The van der Waals surface area contributed by atoms with Gasteiger partial charge in [0, 0.05) is 33.8 Å². The van der Waals surface area contributed by atoms with Crippen molar-refractivity contribution in [3.8, 4) is 0 Å². The molecule has 1 atom stereocenters. The molecule has 0 fully saturated rings. The smallest absolute Gasteiger partial charge is 0.257 e. The first-order chi connectivity index (χ1) is 14.6. The standard InChI is InChI=1S/C24H28BrN3O2S/c1-13(2)9-10-31-23-27-21-20(22(30)28-23)18(14-5-7-15(25)8-6-14)19-16(26-21)11-24(3,4)12-17(19)29/h5-8,13,18H,9-12H2,1-4H3,(H2,26,27,28,30). The lowest BCUT2D eigenvalue weighted by atomic mass is 9.69. The summed E-state index contributed by atoms with van der Waals surface area (Å²) in [5, 5.41) is 4.00. The first-order valence-corrected chi connectivity index (χ1v) is 12.5. The van der Waals surface area contributed by atoms with Gasteiger partial charge < -0.3 is 10.3 Å². The first kappa shape index (κ1) is 22.3. The molecular formula is C24H28BrN3O2S. The Morgan fingerprint density at radius 1 is 1.19 bits per heavy atom. The van der Waals surface area contributed by atoms with Gasteiger partial charge in [0.15, 0.2) is 10.9 Å². The van der Waals surface area contributed by atoms with E-state index in [9.17, 15) is 9.59 Å². The van der Waals surface area contributed by atoms with Crippen LogP contribution in [0.5, 0.6) is 0 Å². The quantitative estimate of drug-likeness (QED) is 0.395. The van der Waals surface area contributed by atoms with Gasteiger partial charge in [0.25, 0.3) is 5.56 Å². The second kappa shape index (κ2) is 8.58. The molecule has 4 rings (SSSR count). The molecule has 164 valence electrons. The Labute approximate surface area is 195 Å². The van der Waals surface area contributed by atoms with E-state index in [2.05, 4.69) is 53.9 Å². The van der Waals surface area contributed by atoms with E-state index in [0.717, 1.165) is 34.3 Å². The fourth-order valence-corrected chi connectivity index (χ4v) is 5.71. The molecule has 0 saturated heterocycles. The van der Waals surface area contributed by atoms with Crippen LogP contribution in [0.4, 0.5) is 5.82 Å². The molecule has 2 heterocycles. The lowest BCUT2D eigenvalue weighted by Gasteiger charge is -2.38. The number of carbonyl (C=O) groups is 1. The number of nitrogens with zero attached hydrogens (tertiary/aromatic N) is 1. The van der Waals surface area contributed by atoms with Crippen molar-refractivity contribution >= 4 is 39.3 Å².